The van der Waals surface area contributed by atoms with Crippen molar-refractivity contribution in [1.29, 1.82) is 0 Å². The van der Waals surface area contributed by atoms with Crippen molar-refractivity contribution < 1.29 is 28.1 Å². The number of ether oxygens (including phenoxy) is 4. The minimum atomic E-state index is -1.50. The van der Waals surface area contributed by atoms with Crippen molar-refractivity contribution in [2.45, 2.75) is 44.2 Å². The normalized spacial score (nSPS) is 22.5. The van der Waals surface area contributed by atoms with Crippen molar-refractivity contribution >= 4 is 23.0 Å². The summed E-state index contributed by atoms with van der Waals surface area (Å²) in [6, 6.07) is 19.0. The van der Waals surface area contributed by atoms with E-state index in [1.807, 2.05) is 60.7 Å². The number of nitrogens with zero attached hydrogens (tertiary/aromatic N) is 4. The molecule has 11 heteroatoms. The number of fused-ring (bicyclic) bond motifs is 1. The molecule has 10 nitrogen and oxygen atoms in total. The van der Waals surface area contributed by atoms with Crippen LogP contribution < -0.4 is 5.73 Å². The maximum atomic E-state index is 14.1. The van der Waals surface area contributed by atoms with E-state index >= 15 is 0 Å². The van der Waals surface area contributed by atoms with Gasteiger partial charge in [0.05, 0.1) is 26.1 Å². The summed E-state index contributed by atoms with van der Waals surface area (Å²) < 4.78 is 40.0. The minimum absolute atomic E-state index is 0.0435. The van der Waals surface area contributed by atoms with Gasteiger partial charge in [-0.05, 0) is 11.1 Å². The van der Waals surface area contributed by atoms with Crippen molar-refractivity contribution in [1.82, 2.24) is 19.5 Å². The Morgan fingerprint density at radius 2 is 1.79 bits per heavy atom. The smallest absolute Gasteiger partial charge is 0.312 e. The van der Waals surface area contributed by atoms with E-state index in [1.54, 1.807) is 0 Å². The Kier molecular flexibility index (Phi) is 7.51. The molecule has 0 aliphatic carbocycles. The quantitative estimate of drug-likeness (QED) is 0.197. The average molecular weight is 532 g/mol. The first-order valence-corrected chi connectivity index (χ1v) is 12.2. The number of imidazole rings is 1. The fourth-order valence-corrected chi connectivity index (χ4v) is 4.55. The molecule has 0 unspecified atom stereocenters. The van der Waals surface area contributed by atoms with E-state index in [2.05, 4.69) is 20.9 Å². The summed E-state index contributed by atoms with van der Waals surface area (Å²) in [5.41, 5.74) is 6.36. The Morgan fingerprint density at radius 1 is 1.13 bits per heavy atom. The van der Waals surface area contributed by atoms with Crippen LogP contribution in [-0.2, 0) is 37.0 Å². The standard InChI is InChI=1S/C28H26FN5O5/c1-3-28(16-36-14-19-10-6-4-7-11-19)23(37-15-20-12-8-5-9-13-20)22(38-18(2)35)26(39-28)34-17-31-21-24(30)32-27(29)33-25(21)34/h1,4-13,17,22-23,26H,14-16H2,2H3,(H2,30,32,33)/t22-,23+,26-,28-/m1/s1. The average Bonchev–Trinajstić information content (AvgIpc) is 3.48. The summed E-state index contributed by atoms with van der Waals surface area (Å²) in [5.74, 6) is 1.95. The number of carbonyl (C=O) groups is 1. The predicted octanol–water partition coefficient (Wildman–Crippen LogP) is 3.18. The molecule has 4 atom stereocenters. The SMILES string of the molecule is C#C[C@]1(COCc2ccccc2)O[C@@H](n2cnc3c(N)nc(F)nc32)[C@H](OC(C)=O)[C@@H]1OCc1ccccc1. The molecule has 2 aromatic carbocycles. The predicted molar refractivity (Wildman–Crippen MR) is 138 cm³/mol. The fourth-order valence-electron chi connectivity index (χ4n) is 4.55. The van der Waals surface area contributed by atoms with Gasteiger partial charge in [-0.25, -0.2) is 4.98 Å². The number of esters is 1. The van der Waals surface area contributed by atoms with Crippen LogP contribution in [0.5, 0.6) is 0 Å². The number of halogens is 1. The summed E-state index contributed by atoms with van der Waals surface area (Å²) >= 11 is 0. The number of rotatable bonds is 9. The molecule has 0 radical (unpaired) electrons. The number of nitrogen functional groups attached to an aromatic ring is 1. The molecular formula is C28H26FN5O5. The third-order valence-corrected chi connectivity index (χ3v) is 6.31. The lowest BCUT2D eigenvalue weighted by atomic mass is 9.96. The molecule has 0 saturated carbocycles. The lowest BCUT2D eigenvalue weighted by Gasteiger charge is -2.30. The molecule has 39 heavy (non-hydrogen) atoms. The Morgan fingerprint density at radius 3 is 2.44 bits per heavy atom. The Hall–Kier alpha value is -4.37. The number of hydrogen-bond acceptors (Lipinski definition) is 9. The number of terminal acetylenes is 1. The maximum Gasteiger partial charge on any atom is 0.312 e. The summed E-state index contributed by atoms with van der Waals surface area (Å²) in [4.78, 5) is 23.8. The number of hydrogen-bond donors (Lipinski definition) is 1. The highest BCUT2D eigenvalue weighted by Crippen LogP contribution is 2.42. The summed E-state index contributed by atoms with van der Waals surface area (Å²) in [6.45, 7) is 1.57. The zero-order chi connectivity index (χ0) is 27.4. The van der Waals surface area contributed by atoms with Gasteiger partial charge in [0.2, 0.25) is 0 Å². The molecule has 0 bridgehead atoms. The molecule has 1 saturated heterocycles. The summed E-state index contributed by atoms with van der Waals surface area (Å²) in [7, 11) is 0. The molecule has 0 spiro atoms. The highest BCUT2D eigenvalue weighted by atomic mass is 19.1. The highest BCUT2D eigenvalue weighted by Gasteiger charge is 2.58. The van der Waals surface area contributed by atoms with E-state index in [9.17, 15) is 9.18 Å². The van der Waals surface area contributed by atoms with Gasteiger partial charge in [0.15, 0.2) is 34.9 Å². The van der Waals surface area contributed by atoms with Crippen LogP contribution >= 0.6 is 0 Å². The van der Waals surface area contributed by atoms with Gasteiger partial charge in [-0.15, -0.1) is 6.42 Å². The third kappa shape index (κ3) is 5.44. The largest absolute Gasteiger partial charge is 0.455 e. The van der Waals surface area contributed by atoms with Crippen LogP contribution in [0.15, 0.2) is 67.0 Å². The molecule has 1 aliphatic heterocycles. The second-order valence-electron chi connectivity index (χ2n) is 9.01. The maximum absolute atomic E-state index is 14.1. The van der Waals surface area contributed by atoms with Gasteiger partial charge in [0.25, 0.3) is 0 Å². The zero-order valence-electron chi connectivity index (χ0n) is 21.1. The minimum Gasteiger partial charge on any atom is -0.455 e. The summed E-state index contributed by atoms with van der Waals surface area (Å²) in [6.07, 6.45) is 3.23. The van der Waals surface area contributed by atoms with Crippen molar-refractivity contribution in [3.63, 3.8) is 0 Å². The van der Waals surface area contributed by atoms with Crippen LogP contribution in [0.3, 0.4) is 0 Å². The van der Waals surface area contributed by atoms with Crippen molar-refractivity contribution in [3.8, 4) is 12.3 Å². The zero-order valence-corrected chi connectivity index (χ0v) is 21.1. The molecule has 200 valence electrons. The first-order chi connectivity index (χ1) is 18.9. The van der Waals surface area contributed by atoms with Crippen LogP contribution in [0.2, 0.25) is 0 Å². The van der Waals surface area contributed by atoms with Crippen molar-refractivity contribution in [2.24, 2.45) is 0 Å². The van der Waals surface area contributed by atoms with Gasteiger partial charge in [-0.1, -0.05) is 66.6 Å². The van der Waals surface area contributed by atoms with Crippen molar-refractivity contribution in [3.05, 3.63) is 84.2 Å². The first-order valence-electron chi connectivity index (χ1n) is 12.2. The monoisotopic (exact) mass is 531 g/mol. The first kappa shape index (κ1) is 26.2. The summed E-state index contributed by atoms with van der Waals surface area (Å²) in [5, 5.41) is 0. The number of aromatic nitrogens is 4. The molecule has 0 amide bonds. The molecule has 2 aromatic heterocycles. The Labute approximate surface area is 223 Å². The molecule has 1 fully saturated rings. The van der Waals surface area contributed by atoms with E-state index in [4.69, 9.17) is 31.1 Å². The van der Waals surface area contributed by atoms with Gasteiger partial charge < -0.3 is 24.7 Å². The Bertz CT molecular complexity index is 1490. The topological polar surface area (TPSA) is 124 Å². The number of carbonyl (C=O) groups excluding carboxylic acids is 1. The molecular weight excluding hydrogens is 505 g/mol. The molecule has 5 rings (SSSR count). The number of nitrogens with two attached hydrogens (primary N) is 1. The number of anilines is 1. The van der Waals surface area contributed by atoms with E-state index < -0.39 is 36.1 Å². The van der Waals surface area contributed by atoms with E-state index in [1.165, 1.54) is 17.8 Å². The Balaban J connectivity index is 1.53. The lowest BCUT2D eigenvalue weighted by Crippen LogP contribution is -2.48. The van der Waals surface area contributed by atoms with E-state index in [-0.39, 0.29) is 36.8 Å². The van der Waals surface area contributed by atoms with Crippen LogP contribution in [-0.4, -0.2) is 49.9 Å². The highest BCUT2D eigenvalue weighted by molar-refractivity contribution is 5.81. The van der Waals surface area contributed by atoms with E-state index in [0.29, 0.717) is 0 Å². The third-order valence-electron chi connectivity index (χ3n) is 6.31. The molecule has 2 N–H and O–H groups in total. The van der Waals surface area contributed by atoms with Gasteiger partial charge >= 0.3 is 12.0 Å². The van der Waals surface area contributed by atoms with E-state index in [0.717, 1.165) is 11.1 Å². The van der Waals surface area contributed by atoms with Crippen LogP contribution in [0, 0.1) is 18.4 Å². The van der Waals surface area contributed by atoms with Gasteiger partial charge in [0.1, 0.15) is 6.10 Å². The molecule has 4 aromatic rings. The van der Waals surface area contributed by atoms with Gasteiger partial charge in [0, 0.05) is 6.92 Å². The van der Waals surface area contributed by atoms with Crippen LogP contribution in [0.1, 0.15) is 24.3 Å². The number of benzene rings is 2. The second kappa shape index (κ2) is 11.2. The second-order valence-corrected chi connectivity index (χ2v) is 9.01. The fraction of sp³-hybridized carbons (Fsp3) is 0.286. The van der Waals surface area contributed by atoms with Gasteiger partial charge in [-0.3, -0.25) is 9.36 Å². The lowest BCUT2D eigenvalue weighted by molar-refractivity contribution is -0.158. The van der Waals surface area contributed by atoms with Gasteiger partial charge in [-0.2, -0.15) is 14.4 Å². The van der Waals surface area contributed by atoms with Crippen molar-refractivity contribution in [2.75, 3.05) is 12.3 Å². The molecule has 1 aliphatic rings. The molecule has 3 heterocycles. The van der Waals surface area contributed by atoms with Crippen LogP contribution in [0.4, 0.5) is 10.2 Å². The van der Waals surface area contributed by atoms with Crippen LogP contribution in [0.25, 0.3) is 11.2 Å².